The lowest BCUT2D eigenvalue weighted by molar-refractivity contribution is 0.219. The number of anilines is 1. The van der Waals surface area contributed by atoms with E-state index in [1.165, 1.54) is 11.3 Å². The molecule has 36 heavy (non-hydrogen) atoms. The number of fused-ring (bicyclic) bond motifs is 3. The molecule has 0 aliphatic heterocycles. The monoisotopic (exact) mass is 504 g/mol. The van der Waals surface area contributed by atoms with Gasteiger partial charge in [0.1, 0.15) is 24.8 Å². The molecule has 4 heterocycles. The van der Waals surface area contributed by atoms with Gasteiger partial charge in [-0.2, -0.15) is 0 Å². The number of pyridine rings is 3. The molecule has 184 valence electrons. The number of aromatic nitrogens is 4. The number of nitrogens with two attached hydrogens (primary N) is 2. The van der Waals surface area contributed by atoms with E-state index in [2.05, 4.69) is 19.9 Å². The molecule has 0 radical (unpaired) electrons. The molecule has 1 atom stereocenters. The van der Waals surface area contributed by atoms with Crippen molar-refractivity contribution >= 4 is 38.8 Å². The van der Waals surface area contributed by atoms with E-state index in [0.717, 1.165) is 27.2 Å². The lowest BCUT2D eigenvalue weighted by atomic mass is 10.0. The van der Waals surface area contributed by atoms with Crippen molar-refractivity contribution in [1.82, 2.24) is 19.9 Å². The van der Waals surface area contributed by atoms with Crippen molar-refractivity contribution in [1.29, 1.82) is 0 Å². The van der Waals surface area contributed by atoms with Crippen LogP contribution in [-0.4, -0.2) is 53.4 Å². The van der Waals surface area contributed by atoms with Crippen LogP contribution in [0.1, 0.15) is 0 Å². The van der Waals surface area contributed by atoms with Crippen LogP contribution in [0.5, 0.6) is 22.4 Å². The first-order valence-corrected chi connectivity index (χ1v) is 11.9. The van der Waals surface area contributed by atoms with Crippen LogP contribution in [0.15, 0.2) is 54.4 Å². The molecular weight excluding hydrogens is 480 g/mol. The summed E-state index contributed by atoms with van der Waals surface area (Å²) in [6.45, 7) is 0.542. The van der Waals surface area contributed by atoms with Crippen LogP contribution >= 0.6 is 11.3 Å². The second-order valence-corrected chi connectivity index (χ2v) is 8.78. The molecule has 0 saturated carbocycles. The smallest absolute Gasteiger partial charge is 0.273 e. The summed E-state index contributed by atoms with van der Waals surface area (Å²) in [4.78, 5) is 17.5. The Kier molecular flexibility index (Phi) is 6.65. The molecule has 4 N–H and O–H groups in total. The fraction of sp³-hybridized carbons (Fsp3) is 0.200. The lowest BCUT2D eigenvalue weighted by Crippen LogP contribution is -2.34. The first kappa shape index (κ1) is 23.5. The Morgan fingerprint density at radius 1 is 0.889 bits per heavy atom. The summed E-state index contributed by atoms with van der Waals surface area (Å²) in [5, 5.41) is 4.91. The van der Waals surface area contributed by atoms with E-state index >= 15 is 0 Å². The molecule has 0 fully saturated rings. The Morgan fingerprint density at radius 2 is 1.69 bits per heavy atom. The van der Waals surface area contributed by atoms with Crippen LogP contribution < -0.4 is 30.4 Å². The molecule has 0 saturated heterocycles. The molecule has 0 bridgehead atoms. The van der Waals surface area contributed by atoms with Crippen LogP contribution in [0.25, 0.3) is 32.9 Å². The van der Waals surface area contributed by atoms with Gasteiger partial charge in [-0.05, 0) is 23.6 Å². The molecular formula is C25H24N6O4S. The van der Waals surface area contributed by atoms with Crippen LogP contribution in [0.4, 0.5) is 5.82 Å². The summed E-state index contributed by atoms with van der Waals surface area (Å²) in [5.41, 5.74) is 14.6. The third-order valence-corrected chi connectivity index (χ3v) is 6.20. The molecule has 5 aromatic rings. The van der Waals surface area contributed by atoms with Crippen LogP contribution in [0.2, 0.25) is 0 Å². The van der Waals surface area contributed by atoms with Crippen LogP contribution in [-0.2, 0) is 0 Å². The maximum absolute atomic E-state index is 6.33. The summed E-state index contributed by atoms with van der Waals surface area (Å²) in [7, 11) is 3.19. The molecule has 10 nitrogen and oxygen atoms in total. The van der Waals surface area contributed by atoms with Gasteiger partial charge in [-0.15, -0.1) is 0 Å². The van der Waals surface area contributed by atoms with Gasteiger partial charge in [-0.1, -0.05) is 11.3 Å². The second kappa shape index (κ2) is 10.2. The summed E-state index contributed by atoms with van der Waals surface area (Å²) >= 11 is 1.41. The molecule has 0 aliphatic carbocycles. The molecule has 0 unspecified atom stereocenters. The zero-order chi connectivity index (χ0) is 25.1. The Morgan fingerprint density at radius 3 is 2.47 bits per heavy atom. The van der Waals surface area contributed by atoms with Gasteiger partial charge in [-0.25, -0.2) is 9.97 Å². The van der Waals surface area contributed by atoms with Gasteiger partial charge in [0.25, 0.3) is 5.19 Å². The number of ether oxygens (including phenoxy) is 4. The normalized spacial score (nSPS) is 12.0. The minimum atomic E-state index is -0.335. The number of thiazole rings is 1. The van der Waals surface area contributed by atoms with Crippen molar-refractivity contribution in [2.75, 3.05) is 33.2 Å². The van der Waals surface area contributed by atoms with E-state index in [1.807, 2.05) is 29.6 Å². The second-order valence-electron chi connectivity index (χ2n) is 7.93. The van der Waals surface area contributed by atoms with Crippen molar-refractivity contribution in [2.24, 2.45) is 5.73 Å². The number of hydrogen-bond acceptors (Lipinski definition) is 11. The highest BCUT2D eigenvalue weighted by Gasteiger charge is 2.14. The van der Waals surface area contributed by atoms with Crippen molar-refractivity contribution < 1.29 is 18.9 Å². The molecule has 1 aromatic carbocycles. The molecule has 0 spiro atoms. The lowest BCUT2D eigenvalue weighted by Gasteiger charge is -2.14. The van der Waals surface area contributed by atoms with E-state index in [9.17, 15) is 0 Å². The van der Waals surface area contributed by atoms with Crippen LogP contribution in [0, 0.1) is 0 Å². The zero-order valence-corrected chi connectivity index (χ0v) is 20.5. The average Bonchev–Trinajstić information content (AvgIpc) is 3.43. The van der Waals surface area contributed by atoms with Crippen molar-refractivity contribution in [2.45, 2.75) is 6.04 Å². The number of rotatable bonds is 9. The standard InChI is InChI=1S/C25H24N6O4S/c1-32-22-7-18-17-6-20(31-24(27)19(17)11-30-21(18)8-23(22)33-2)14-5-16(10-28-9-14)34-12-15(26)13-35-25-29-3-4-36-25/h3-11,15H,12-13,26H2,1-2H3,(H2,27,31)/t15-/m1/s1. The summed E-state index contributed by atoms with van der Waals surface area (Å²) in [5.74, 6) is 2.12. The maximum atomic E-state index is 6.33. The predicted octanol–water partition coefficient (Wildman–Crippen LogP) is 3.69. The minimum absolute atomic E-state index is 0.252. The Balaban J connectivity index is 1.42. The van der Waals surface area contributed by atoms with Gasteiger partial charge < -0.3 is 30.4 Å². The van der Waals surface area contributed by atoms with E-state index in [4.69, 9.17) is 30.4 Å². The first-order chi connectivity index (χ1) is 17.6. The Hall–Kier alpha value is -4.22. The van der Waals surface area contributed by atoms with Gasteiger partial charge in [0.05, 0.1) is 37.7 Å². The quantitative estimate of drug-likeness (QED) is 0.286. The molecule has 11 heteroatoms. The van der Waals surface area contributed by atoms with Crippen molar-refractivity contribution in [3.63, 3.8) is 0 Å². The van der Waals surface area contributed by atoms with E-state index in [1.54, 1.807) is 39.0 Å². The summed E-state index contributed by atoms with van der Waals surface area (Å²) in [6.07, 6.45) is 6.72. The Bertz CT molecular complexity index is 1510. The largest absolute Gasteiger partial charge is 0.493 e. The van der Waals surface area contributed by atoms with Gasteiger partial charge in [0.15, 0.2) is 11.5 Å². The van der Waals surface area contributed by atoms with Crippen molar-refractivity contribution in [3.05, 3.63) is 54.4 Å². The number of benzene rings is 1. The number of hydrogen-bond donors (Lipinski definition) is 2. The third kappa shape index (κ3) is 4.79. The third-order valence-electron chi connectivity index (χ3n) is 5.52. The highest BCUT2D eigenvalue weighted by molar-refractivity contribution is 7.11. The number of nitrogens with zero attached hydrogens (tertiary/aromatic N) is 4. The minimum Gasteiger partial charge on any atom is -0.493 e. The van der Waals surface area contributed by atoms with Crippen LogP contribution in [0.3, 0.4) is 0 Å². The fourth-order valence-corrected chi connectivity index (χ4v) is 4.25. The first-order valence-electron chi connectivity index (χ1n) is 11.0. The van der Waals surface area contributed by atoms with Gasteiger partial charge in [0, 0.05) is 46.4 Å². The van der Waals surface area contributed by atoms with Crippen molar-refractivity contribution in [3.8, 4) is 33.7 Å². The van der Waals surface area contributed by atoms with Gasteiger partial charge in [-0.3, -0.25) is 9.97 Å². The summed E-state index contributed by atoms with van der Waals surface area (Å²) in [6, 6.07) is 7.19. The highest BCUT2D eigenvalue weighted by atomic mass is 32.1. The van der Waals surface area contributed by atoms with Gasteiger partial charge >= 0.3 is 0 Å². The SMILES string of the molecule is COc1cc2ncc3c(N)nc(-c4cncc(OC[C@@H](N)COc5nccs5)c4)cc3c2cc1OC. The zero-order valence-electron chi connectivity index (χ0n) is 19.7. The fourth-order valence-electron chi connectivity index (χ4n) is 3.76. The molecule has 5 rings (SSSR count). The maximum Gasteiger partial charge on any atom is 0.273 e. The predicted molar refractivity (Wildman–Crippen MR) is 139 cm³/mol. The summed E-state index contributed by atoms with van der Waals surface area (Å²) < 4.78 is 22.3. The molecule has 4 aromatic heterocycles. The Labute approximate surface area is 210 Å². The van der Waals surface area contributed by atoms with E-state index in [0.29, 0.717) is 40.6 Å². The number of nitrogen functional groups attached to an aromatic ring is 1. The molecule has 0 aliphatic rings. The van der Waals surface area contributed by atoms with E-state index in [-0.39, 0.29) is 12.6 Å². The average molecular weight is 505 g/mol. The number of methoxy groups -OCH3 is 2. The highest BCUT2D eigenvalue weighted by Crippen LogP contribution is 2.37. The van der Waals surface area contributed by atoms with E-state index < -0.39 is 0 Å². The molecule has 0 amide bonds. The topological polar surface area (TPSA) is 141 Å². The van der Waals surface area contributed by atoms with Gasteiger partial charge in [0.2, 0.25) is 0 Å².